The lowest BCUT2D eigenvalue weighted by Crippen LogP contribution is -2.34. The molecule has 0 aromatic heterocycles. The number of ether oxygens (including phenoxy) is 3. The molecule has 0 radical (unpaired) electrons. The van der Waals surface area contributed by atoms with Crippen LogP contribution >= 0.6 is 0 Å². The maximum atomic E-state index is 11.3. The van der Waals surface area contributed by atoms with Gasteiger partial charge < -0.3 is 19.5 Å². The van der Waals surface area contributed by atoms with Gasteiger partial charge in [0.25, 0.3) is 0 Å². The van der Waals surface area contributed by atoms with Crippen LogP contribution in [0.5, 0.6) is 0 Å². The predicted octanol–water partition coefficient (Wildman–Crippen LogP) is 3.23. The van der Waals surface area contributed by atoms with Crippen molar-refractivity contribution in [3.05, 3.63) is 24.7 Å². The average molecular weight is 273 g/mol. The van der Waals surface area contributed by atoms with Gasteiger partial charge >= 0.3 is 6.09 Å². The Morgan fingerprint density at radius 3 is 2.16 bits per heavy atom. The summed E-state index contributed by atoms with van der Waals surface area (Å²) in [5.74, 6) is 0.790. The highest BCUT2D eigenvalue weighted by molar-refractivity contribution is 5.67. The second-order valence-corrected chi connectivity index (χ2v) is 4.97. The van der Waals surface area contributed by atoms with E-state index in [2.05, 4.69) is 18.5 Å². The number of amides is 1. The van der Waals surface area contributed by atoms with Crippen LogP contribution in [0.1, 0.15) is 35.5 Å². The van der Waals surface area contributed by atoms with Gasteiger partial charge in [0.15, 0.2) is 11.5 Å². The molecule has 0 aliphatic heterocycles. The summed E-state index contributed by atoms with van der Waals surface area (Å²) in [4.78, 5) is 11.3. The van der Waals surface area contributed by atoms with E-state index in [1.165, 1.54) is 0 Å². The molecule has 5 nitrogen and oxygen atoms in total. The minimum atomic E-state index is -0.503. The van der Waals surface area contributed by atoms with Gasteiger partial charge in [0.2, 0.25) is 0 Å². The van der Waals surface area contributed by atoms with Gasteiger partial charge in [-0.05, 0) is 27.2 Å². The summed E-state index contributed by atoms with van der Waals surface area (Å²) in [5, 5.41) is 2.58. The first-order chi connectivity index (χ1) is 8.76. The first kappa shape index (κ1) is 17.4. The van der Waals surface area contributed by atoms with Gasteiger partial charge in [-0.2, -0.15) is 0 Å². The summed E-state index contributed by atoms with van der Waals surface area (Å²) < 4.78 is 15.6. The summed E-state index contributed by atoms with van der Waals surface area (Å²) in [6.45, 7) is 16.0. The average Bonchev–Trinajstić information content (AvgIpc) is 2.29. The van der Waals surface area contributed by atoms with Gasteiger partial charge in [0, 0.05) is 1.43 Å². The highest BCUT2D eigenvalue weighted by Crippen LogP contribution is 2.09. The molecule has 0 rings (SSSR count). The molecule has 0 heterocycles. The first-order valence-electron chi connectivity index (χ1n) is 6.37. The van der Waals surface area contributed by atoms with Gasteiger partial charge in [-0.25, -0.2) is 4.79 Å². The van der Waals surface area contributed by atoms with Crippen LogP contribution in [-0.4, -0.2) is 31.5 Å². The molecule has 1 N–H and O–H groups in total. The molecule has 0 aromatic carbocycles. The number of hydrogen-bond donors (Lipinski definition) is 1. The Morgan fingerprint density at radius 2 is 1.68 bits per heavy atom. The van der Waals surface area contributed by atoms with E-state index in [1.54, 1.807) is 20.8 Å². The van der Waals surface area contributed by atoms with Crippen LogP contribution in [0.3, 0.4) is 0 Å². The Kier molecular flexibility index (Phi) is 7.72. The third-order valence-electron chi connectivity index (χ3n) is 1.84. The fourth-order valence-electron chi connectivity index (χ4n) is 1.03. The van der Waals surface area contributed by atoms with Crippen molar-refractivity contribution < 1.29 is 20.4 Å². The zero-order valence-corrected chi connectivity index (χ0v) is 12.4. The standard InChI is InChI=1S/C14H25NO4.H2/c1-7-9-17-11(2)12(3)18-10-8-15-13(16)19-14(4,5)6;/h2-3,7-10H2,1,4-6H3,(H,15,16);1H. The molecule has 5 heteroatoms. The zero-order chi connectivity index (χ0) is 14.9. The van der Waals surface area contributed by atoms with E-state index < -0.39 is 11.7 Å². The molecular formula is C14H27NO4. The number of hydrogen-bond acceptors (Lipinski definition) is 4. The van der Waals surface area contributed by atoms with E-state index in [0.717, 1.165) is 6.42 Å². The summed E-state index contributed by atoms with van der Waals surface area (Å²) in [7, 11) is 0. The number of carbonyl (C=O) groups excluding carboxylic acids is 1. The number of carbonyl (C=O) groups is 1. The minimum absolute atomic E-state index is 0. The Balaban J connectivity index is 0. The van der Waals surface area contributed by atoms with Gasteiger partial charge in [-0.1, -0.05) is 20.1 Å². The normalized spacial score (nSPS) is 10.5. The monoisotopic (exact) mass is 273 g/mol. The lowest BCUT2D eigenvalue weighted by molar-refractivity contribution is 0.0511. The number of nitrogens with one attached hydrogen (secondary N) is 1. The second-order valence-electron chi connectivity index (χ2n) is 4.97. The van der Waals surface area contributed by atoms with E-state index in [4.69, 9.17) is 14.2 Å². The van der Waals surface area contributed by atoms with Crippen molar-refractivity contribution in [2.75, 3.05) is 19.8 Å². The Hall–Kier alpha value is -1.65. The van der Waals surface area contributed by atoms with Crippen molar-refractivity contribution in [3.63, 3.8) is 0 Å². The van der Waals surface area contributed by atoms with Gasteiger partial charge in [-0.15, -0.1) is 0 Å². The molecule has 0 atom stereocenters. The van der Waals surface area contributed by atoms with E-state index in [0.29, 0.717) is 24.7 Å². The lowest BCUT2D eigenvalue weighted by atomic mass is 10.2. The topological polar surface area (TPSA) is 56.8 Å². The van der Waals surface area contributed by atoms with Gasteiger partial charge in [0.1, 0.15) is 12.2 Å². The third kappa shape index (κ3) is 10.00. The third-order valence-corrected chi connectivity index (χ3v) is 1.84. The Labute approximate surface area is 117 Å². The maximum Gasteiger partial charge on any atom is 0.407 e. The van der Waals surface area contributed by atoms with Crippen LogP contribution < -0.4 is 5.32 Å². The van der Waals surface area contributed by atoms with E-state index in [9.17, 15) is 4.79 Å². The van der Waals surface area contributed by atoms with E-state index in [-0.39, 0.29) is 8.03 Å². The molecule has 0 fully saturated rings. The first-order valence-corrected chi connectivity index (χ1v) is 6.37. The quantitative estimate of drug-likeness (QED) is 0.419. The lowest BCUT2D eigenvalue weighted by Gasteiger charge is -2.19. The second kappa shape index (κ2) is 8.45. The molecule has 0 saturated heterocycles. The number of rotatable bonds is 8. The molecule has 19 heavy (non-hydrogen) atoms. The summed E-state index contributed by atoms with van der Waals surface area (Å²) in [6.07, 6.45) is 0.426. The number of alkyl carbamates (subject to hydrolysis) is 1. The van der Waals surface area contributed by atoms with Crippen molar-refractivity contribution in [2.45, 2.75) is 39.7 Å². The Bertz CT molecular complexity index is 324. The Morgan fingerprint density at radius 1 is 1.16 bits per heavy atom. The predicted molar refractivity (Wildman–Crippen MR) is 76.8 cm³/mol. The van der Waals surface area contributed by atoms with Gasteiger partial charge in [0.05, 0.1) is 13.2 Å². The van der Waals surface area contributed by atoms with Crippen LogP contribution in [0.15, 0.2) is 24.7 Å². The SMILES string of the molecule is C=C(OCCC)C(=C)OCCNC(=O)OC(C)(C)C.[HH]. The van der Waals surface area contributed by atoms with Crippen LogP contribution in [0.4, 0.5) is 4.79 Å². The molecule has 1 amide bonds. The smallest absolute Gasteiger partial charge is 0.407 e. The molecule has 0 aliphatic carbocycles. The highest BCUT2D eigenvalue weighted by Gasteiger charge is 2.15. The van der Waals surface area contributed by atoms with Gasteiger partial charge in [-0.3, -0.25) is 0 Å². The molecule has 0 aliphatic rings. The summed E-state index contributed by atoms with van der Waals surface area (Å²) in [6, 6.07) is 0. The maximum absolute atomic E-state index is 11.3. The molecule has 0 bridgehead atoms. The van der Waals surface area contributed by atoms with E-state index in [1.807, 2.05) is 6.92 Å². The van der Waals surface area contributed by atoms with Crippen LogP contribution in [0.25, 0.3) is 0 Å². The summed E-state index contributed by atoms with van der Waals surface area (Å²) >= 11 is 0. The fraction of sp³-hybridized carbons (Fsp3) is 0.643. The molecule has 0 aromatic rings. The van der Waals surface area contributed by atoms with Crippen LogP contribution in [0, 0.1) is 0 Å². The molecule has 0 saturated carbocycles. The minimum Gasteiger partial charge on any atom is -0.490 e. The van der Waals surface area contributed by atoms with Crippen molar-refractivity contribution in [1.82, 2.24) is 5.32 Å². The van der Waals surface area contributed by atoms with Crippen molar-refractivity contribution in [3.8, 4) is 0 Å². The van der Waals surface area contributed by atoms with Crippen molar-refractivity contribution in [2.24, 2.45) is 0 Å². The molecule has 0 unspecified atom stereocenters. The van der Waals surface area contributed by atoms with Crippen LogP contribution in [-0.2, 0) is 14.2 Å². The molecular weight excluding hydrogens is 246 g/mol. The summed E-state index contributed by atoms with van der Waals surface area (Å²) in [5.41, 5.74) is -0.503. The van der Waals surface area contributed by atoms with Crippen molar-refractivity contribution in [1.29, 1.82) is 0 Å². The largest absolute Gasteiger partial charge is 0.490 e. The van der Waals surface area contributed by atoms with E-state index >= 15 is 0 Å². The molecule has 0 spiro atoms. The highest BCUT2D eigenvalue weighted by atomic mass is 16.6. The van der Waals surface area contributed by atoms with Crippen molar-refractivity contribution >= 4 is 6.09 Å². The van der Waals surface area contributed by atoms with Crippen LogP contribution in [0.2, 0.25) is 0 Å². The molecule has 112 valence electrons. The fourth-order valence-corrected chi connectivity index (χ4v) is 1.03. The zero-order valence-electron chi connectivity index (χ0n) is 12.4.